The van der Waals surface area contributed by atoms with Gasteiger partial charge in [0.2, 0.25) is 0 Å². The largest absolute Gasteiger partial charge is 0.472 e. The quantitative estimate of drug-likeness (QED) is 0.421. The summed E-state index contributed by atoms with van der Waals surface area (Å²) in [6, 6.07) is 0. The third-order valence-corrected chi connectivity index (χ3v) is 2.56. The summed E-state index contributed by atoms with van der Waals surface area (Å²) in [4.78, 5) is 11.2. The lowest BCUT2D eigenvalue weighted by Crippen LogP contribution is -2.24. The zero-order valence-electron chi connectivity index (χ0n) is 9.17. The molecule has 2 N–H and O–H groups in total. The number of nitrogens with zero attached hydrogens (tertiary/aromatic N) is 3. The number of methoxy groups -OCH3 is 1. The zero-order chi connectivity index (χ0) is 12.0. The maximum Gasteiger partial charge on any atom is 0.328 e. The van der Waals surface area contributed by atoms with Gasteiger partial charge in [-0.15, -0.1) is 5.10 Å². The van der Waals surface area contributed by atoms with Crippen LogP contribution in [-0.2, 0) is 11.3 Å². The highest BCUT2D eigenvalue weighted by Crippen LogP contribution is 2.07. The van der Waals surface area contributed by atoms with E-state index in [2.05, 4.69) is 10.2 Å². The van der Waals surface area contributed by atoms with Crippen LogP contribution in [0.15, 0.2) is 9.90 Å². The Morgan fingerprint density at radius 2 is 2.44 bits per heavy atom. The molecule has 1 heterocycles. The fourth-order valence-electron chi connectivity index (χ4n) is 0.986. The Morgan fingerprint density at radius 1 is 1.69 bits per heavy atom. The lowest BCUT2D eigenvalue weighted by Gasteiger charge is -2.04. The molecule has 0 bridgehead atoms. The summed E-state index contributed by atoms with van der Waals surface area (Å²) in [6.45, 7) is 2.94. The highest BCUT2D eigenvalue weighted by atomic mass is 32.1. The molecular weight excluding hydrogens is 232 g/mol. The summed E-state index contributed by atoms with van der Waals surface area (Å²) in [6.07, 6.45) is 0. The van der Waals surface area contributed by atoms with Crippen LogP contribution in [0.4, 0.5) is 0 Å². The van der Waals surface area contributed by atoms with Crippen molar-refractivity contribution in [3.8, 4) is 5.19 Å². The van der Waals surface area contributed by atoms with Crippen molar-refractivity contribution < 1.29 is 9.47 Å². The first kappa shape index (κ1) is 12.7. The van der Waals surface area contributed by atoms with Crippen molar-refractivity contribution in [2.45, 2.75) is 13.5 Å². The summed E-state index contributed by atoms with van der Waals surface area (Å²) in [5.41, 5.74) is 0.553. The highest BCUT2D eigenvalue weighted by molar-refractivity contribution is 7.10. The Balaban J connectivity index is 2.70. The average molecular weight is 246 g/mol. The van der Waals surface area contributed by atoms with Gasteiger partial charge in [-0.2, -0.15) is 5.10 Å². The molecule has 1 aromatic heterocycles. The molecule has 0 unspecified atom stereocenters. The maximum absolute atomic E-state index is 11.4. The fraction of sp³-hybridized carbons (Fsp3) is 0.625. The summed E-state index contributed by atoms with van der Waals surface area (Å²) < 4.78 is 11.3. The van der Waals surface area contributed by atoms with Gasteiger partial charge in [-0.05, 0) is 18.3 Å². The van der Waals surface area contributed by atoms with Crippen LogP contribution in [-0.4, -0.2) is 35.8 Å². The van der Waals surface area contributed by atoms with E-state index in [1.54, 1.807) is 0 Å². The molecule has 0 fully saturated rings. The molecule has 0 radical (unpaired) electrons. The Labute approximate surface area is 96.5 Å². The first-order valence-corrected chi connectivity index (χ1v) is 5.48. The van der Waals surface area contributed by atoms with E-state index in [0.29, 0.717) is 24.1 Å². The molecule has 0 saturated heterocycles. The minimum Gasteiger partial charge on any atom is -0.472 e. The smallest absolute Gasteiger partial charge is 0.328 e. The minimum atomic E-state index is -0.213. The molecule has 1 aromatic rings. The molecule has 16 heavy (non-hydrogen) atoms. The number of rotatable bonds is 6. The highest BCUT2D eigenvalue weighted by Gasteiger charge is 2.09. The van der Waals surface area contributed by atoms with Gasteiger partial charge in [0.25, 0.3) is 5.19 Å². The molecule has 90 valence electrons. The van der Waals surface area contributed by atoms with Gasteiger partial charge in [0.15, 0.2) is 0 Å². The normalized spacial score (nSPS) is 11.8. The van der Waals surface area contributed by atoms with E-state index >= 15 is 0 Å². The molecule has 8 heteroatoms. The van der Waals surface area contributed by atoms with E-state index in [1.807, 2.05) is 6.92 Å². The molecule has 0 atom stereocenters. The lowest BCUT2D eigenvalue weighted by atomic mass is 10.4. The van der Waals surface area contributed by atoms with E-state index < -0.39 is 0 Å². The van der Waals surface area contributed by atoms with Crippen LogP contribution < -0.4 is 15.5 Å². The standard InChI is InChI=1S/C8H14N4O3S/c1-3-15-5-6(10-9)4-12-8(13)16-7(11-12)14-2/h3-5,9H2,1-2H3. The lowest BCUT2D eigenvalue weighted by molar-refractivity contribution is 0.185. The van der Waals surface area contributed by atoms with Gasteiger partial charge < -0.3 is 15.3 Å². The third-order valence-electron chi connectivity index (χ3n) is 1.75. The number of aromatic nitrogens is 2. The molecular formula is C8H14N4O3S. The SMILES string of the molecule is CCOCC(Cn1nc(OC)sc1=O)=NN. The molecule has 0 aliphatic heterocycles. The summed E-state index contributed by atoms with van der Waals surface area (Å²) in [5, 5.41) is 7.80. The van der Waals surface area contributed by atoms with Crippen molar-refractivity contribution in [1.82, 2.24) is 9.78 Å². The van der Waals surface area contributed by atoms with Crippen LogP contribution in [0.2, 0.25) is 0 Å². The second-order valence-electron chi connectivity index (χ2n) is 2.83. The van der Waals surface area contributed by atoms with Crippen LogP contribution in [0, 0.1) is 0 Å². The number of nitrogens with two attached hydrogens (primary N) is 1. The number of hydrazone groups is 1. The summed E-state index contributed by atoms with van der Waals surface area (Å²) in [5.74, 6) is 5.19. The number of ether oxygens (including phenoxy) is 2. The fourth-order valence-corrected chi connectivity index (χ4v) is 1.57. The third kappa shape index (κ3) is 3.31. The van der Waals surface area contributed by atoms with Crippen LogP contribution in [0.1, 0.15) is 6.92 Å². The molecule has 0 amide bonds. The van der Waals surface area contributed by atoms with E-state index in [4.69, 9.17) is 15.3 Å². The molecule has 0 aromatic carbocycles. The zero-order valence-corrected chi connectivity index (χ0v) is 9.99. The Hall–Kier alpha value is -1.41. The predicted molar refractivity (Wildman–Crippen MR) is 61.0 cm³/mol. The van der Waals surface area contributed by atoms with Gasteiger partial charge in [0, 0.05) is 6.61 Å². The maximum atomic E-state index is 11.4. The van der Waals surface area contributed by atoms with Crippen molar-refractivity contribution in [3.63, 3.8) is 0 Å². The van der Waals surface area contributed by atoms with Gasteiger partial charge in [0.05, 0.1) is 26.0 Å². The molecule has 0 saturated carbocycles. The van der Waals surface area contributed by atoms with Crippen LogP contribution in [0.25, 0.3) is 0 Å². The van der Waals surface area contributed by atoms with Crippen LogP contribution >= 0.6 is 11.3 Å². The second-order valence-corrected chi connectivity index (χ2v) is 3.73. The Morgan fingerprint density at radius 3 is 2.94 bits per heavy atom. The van der Waals surface area contributed by atoms with Gasteiger partial charge in [-0.3, -0.25) is 4.79 Å². The van der Waals surface area contributed by atoms with Crippen molar-refractivity contribution in [2.75, 3.05) is 20.3 Å². The number of hydrogen-bond acceptors (Lipinski definition) is 7. The molecule has 0 aliphatic carbocycles. The van der Waals surface area contributed by atoms with E-state index in [1.165, 1.54) is 11.8 Å². The van der Waals surface area contributed by atoms with Gasteiger partial charge in [0.1, 0.15) is 0 Å². The van der Waals surface area contributed by atoms with Gasteiger partial charge in [-0.1, -0.05) is 0 Å². The second kappa shape index (κ2) is 6.23. The average Bonchev–Trinajstić information content (AvgIpc) is 2.65. The minimum absolute atomic E-state index is 0.213. The van der Waals surface area contributed by atoms with Crippen molar-refractivity contribution in [3.05, 3.63) is 9.67 Å². The predicted octanol–water partition coefficient (Wildman–Crippen LogP) is -0.335. The van der Waals surface area contributed by atoms with Crippen molar-refractivity contribution in [1.29, 1.82) is 0 Å². The molecule has 1 rings (SSSR count). The summed E-state index contributed by atoms with van der Waals surface area (Å²) in [7, 11) is 1.46. The van der Waals surface area contributed by atoms with Gasteiger partial charge >= 0.3 is 4.87 Å². The molecule has 7 nitrogen and oxygen atoms in total. The van der Waals surface area contributed by atoms with Gasteiger partial charge in [-0.25, -0.2) is 4.68 Å². The van der Waals surface area contributed by atoms with E-state index in [0.717, 1.165) is 11.3 Å². The van der Waals surface area contributed by atoms with E-state index in [9.17, 15) is 4.79 Å². The topological polar surface area (TPSA) is 91.7 Å². The van der Waals surface area contributed by atoms with Crippen molar-refractivity contribution >= 4 is 17.0 Å². The van der Waals surface area contributed by atoms with Crippen LogP contribution in [0.3, 0.4) is 0 Å². The van der Waals surface area contributed by atoms with Crippen molar-refractivity contribution in [2.24, 2.45) is 10.9 Å². The molecule has 0 spiro atoms. The first-order chi connectivity index (χ1) is 7.71. The van der Waals surface area contributed by atoms with E-state index in [-0.39, 0.29) is 11.4 Å². The monoisotopic (exact) mass is 246 g/mol. The number of hydrogen-bond donors (Lipinski definition) is 1. The Bertz CT molecular complexity index is 412. The molecule has 0 aliphatic rings. The van der Waals surface area contributed by atoms with Crippen LogP contribution in [0.5, 0.6) is 5.19 Å². The summed E-state index contributed by atoms with van der Waals surface area (Å²) >= 11 is 0.928. The first-order valence-electron chi connectivity index (χ1n) is 4.66. The Kier molecular flexibility index (Phi) is 4.93.